The molecule has 0 radical (unpaired) electrons. The highest BCUT2D eigenvalue weighted by Crippen LogP contribution is 2.25. The molecule has 0 aliphatic heterocycles. The summed E-state index contributed by atoms with van der Waals surface area (Å²) in [5.74, 6) is 0.460. The van der Waals surface area contributed by atoms with Crippen LogP contribution < -0.4 is 15.5 Å². The molecule has 32 heavy (non-hydrogen) atoms. The number of anilines is 1. The van der Waals surface area contributed by atoms with Gasteiger partial charge in [-0.3, -0.25) is 9.59 Å². The summed E-state index contributed by atoms with van der Waals surface area (Å²) in [7, 11) is 0. The maximum absolute atomic E-state index is 12.4. The average molecular weight is 456 g/mol. The number of hydrogen-bond donors (Lipinski definition) is 2. The van der Waals surface area contributed by atoms with Crippen LogP contribution >= 0.6 is 11.6 Å². The van der Waals surface area contributed by atoms with Crippen LogP contribution in [0.2, 0.25) is 5.02 Å². The summed E-state index contributed by atoms with van der Waals surface area (Å²) < 4.78 is 5.72. The third-order valence-corrected chi connectivity index (χ3v) is 5.93. The number of amides is 2. The van der Waals surface area contributed by atoms with Gasteiger partial charge in [-0.1, -0.05) is 43.0 Å². The maximum atomic E-state index is 12.4. The number of nitrogens with one attached hydrogen (secondary N) is 2. The second-order valence-corrected chi connectivity index (χ2v) is 8.68. The summed E-state index contributed by atoms with van der Waals surface area (Å²) in [6.07, 6.45) is 4.69. The molecule has 0 heterocycles. The lowest BCUT2D eigenvalue weighted by Gasteiger charge is -2.20. The van der Waals surface area contributed by atoms with Gasteiger partial charge in [0.25, 0.3) is 5.91 Å². The molecule has 0 spiro atoms. The first-order valence-corrected chi connectivity index (χ1v) is 11.4. The summed E-state index contributed by atoms with van der Waals surface area (Å²) in [6.45, 7) is 5.35. The molecule has 170 valence electrons. The van der Waals surface area contributed by atoms with Crippen molar-refractivity contribution in [2.24, 2.45) is 11.0 Å². The molecule has 1 aliphatic rings. The molecule has 0 saturated heterocycles. The first-order valence-electron chi connectivity index (χ1n) is 11.0. The van der Waals surface area contributed by atoms with E-state index in [4.69, 9.17) is 16.3 Å². The Balaban J connectivity index is 1.53. The minimum atomic E-state index is -0.719. The Bertz CT molecular complexity index is 982. The Hall–Kier alpha value is -2.86. The van der Waals surface area contributed by atoms with Crippen LogP contribution in [0.5, 0.6) is 5.75 Å². The lowest BCUT2D eigenvalue weighted by atomic mass is 9.88. The molecule has 0 aromatic heterocycles. The van der Waals surface area contributed by atoms with Crippen LogP contribution in [-0.2, 0) is 9.59 Å². The topological polar surface area (TPSA) is 79.8 Å². The number of rotatable bonds is 7. The first kappa shape index (κ1) is 23.8. The van der Waals surface area contributed by atoms with E-state index in [0.29, 0.717) is 16.5 Å². The zero-order chi connectivity index (χ0) is 23.1. The highest BCUT2D eigenvalue weighted by molar-refractivity contribution is 6.30. The van der Waals surface area contributed by atoms with Crippen molar-refractivity contribution >= 4 is 34.8 Å². The highest BCUT2D eigenvalue weighted by atomic mass is 35.5. The van der Waals surface area contributed by atoms with Crippen molar-refractivity contribution in [2.75, 3.05) is 5.32 Å². The van der Waals surface area contributed by atoms with Gasteiger partial charge < -0.3 is 10.1 Å². The molecule has 3 rings (SSSR count). The Morgan fingerprint density at radius 2 is 1.78 bits per heavy atom. The van der Waals surface area contributed by atoms with E-state index in [9.17, 15) is 9.59 Å². The third kappa shape index (κ3) is 6.57. The minimum absolute atomic E-state index is 0.0972. The highest BCUT2D eigenvalue weighted by Gasteiger charge is 2.21. The molecule has 6 nitrogen and oxygen atoms in total. The number of carbonyl (C=O) groups excluding carboxylic acids is 2. The molecule has 2 aromatic carbocycles. The van der Waals surface area contributed by atoms with Gasteiger partial charge >= 0.3 is 0 Å². The van der Waals surface area contributed by atoms with E-state index in [2.05, 4.69) is 15.8 Å². The molecular formula is C25H30ClN3O3. The fourth-order valence-electron chi connectivity index (χ4n) is 3.69. The number of ether oxygens (including phenoxy) is 1. The number of aryl methyl sites for hydroxylation is 1. The monoisotopic (exact) mass is 455 g/mol. The summed E-state index contributed by atoms with van der Waals surface area (Å²) in [6, 6.07) is 12.7. The molecular weight excluding hydrogens is 426 g/mol. The zero-order valence-corrected chi connectivity index (χ0v) is 19.5. The molecule has 7 heteroatoms. The molecule has 0 bridgehead atoms. The Morgan fingerprint density at radius 3 is 2.44 bits per heavy atom. The van der Waals surface area contributed by atoms with E-state index in [1.807, 2.05) is 38.1 Å². The number of benzene rings is 2. The summed E-state index contributed by atoms with van der Waals surface area (Å²) in [4.78, 5) is 24.8. The largest absolute Gasteiger partial charge is 0.481 e. The van der Waals surface area contributed by atoms with E-state index >= 15 is 0 Å². The van der Waals surface area contributed by atoms with Gasteiger partial charge in [0, 0.05) is 16.6 Å². The third-order valence-electron chi connectivity index (χ3n) is 5.69. The van der Waals surface area contributed by atoms with Crippen molar-refractivity contribution in [3.63, 3.8) is 0 Å². The normalized spacial score (nSPS) is 15.7. The number of carbonyl (C=O) groups is 2. The van der Waals surface area contributed by atoms with E-state index in [1.54, 1.807) is 25.1 Å². The van der Waals surface area contributed by atoms with Gasteiger partial charge in [-0.15, -0.1) is 0 Å². The predicted molar refractivity (Wildman–Crippen MR) is 128 cm³/mol. The van der Waals surface area contributed by atoms with Crippen molar-refractivity contribution in [2.45, 2.75) is 59.0 Å². The predicted octanol–water partition coefficient (Wildman–Crippen LogP) is 5.47. The maximum Gasteiger partial charge on any atom is 0.280 e. The van der Waals surface area contributed by atoms with Gasteiger partial charge in [0.05, 0.1) is 5.71 Å². The summed E-state index contributed by atoms with van der Waals surface area (Å²) in [5.41, 5.74) is 5.67. The van der Waals surface area contributed by atoms with Crippen molar-refractivity contribution in [3.05, 3.63) is 58.6 Å². The van der Waals surface area contributed by atoms with Crippen LogP contribution in [0.1, 0.15) is 57.1 Å². The quantitative estimate of drug-likeness (QED) is 0.428. The van der Waals surface area contributed by atoms with Crippen LogP contribution in [-0.4, -0.2) is 23.6 Å². The van der Waals surface area contributed by atoms with Gasteiger partial charge in [-0.2, -0.15) is 5.10 Å². The van der Waals surface area contributed by atoms with E-state index in [1.165, 1.54) is 6.42 Å². The first-order chi connectivity index (χ1) is 15.3. The second kappa shape index (κ2) is 11.1. The van der Waals surface area contributed by atoms with Crippen molar-refractivity contribution in [3.8, 4) is 5.75 Å². The van der Waals surface area contributed by atoms with Crippen LogP contribution in [0.25, 0.3) is 0 Å². The zero-order valence-electron chi connectivity index (χ0n) is 18.8. The molecule has 1 atom stereocenters. The summed E-state index contributed by atoms with van der Waals surface area (Å²) >= 11 is 5.96. The molecule has 1 fully saturated rings. The van der Waals surface area contributed by atoms with Crippen molar-refractivity contribution in [1.29, 1.82) is 0 Å². The van der Waals surface area contributed by atoms with Gasteiger partial charge in [-0.25, -0.2) is 5.43 Å². The standard InChI is InChI=1S/C25H30ClN3O3/c1-16-15-21(26)11-14-23(16)32-18(3)24(30)29-28-17(2)19-9-12-22(13-10-19)27-25(31)20-7-5-4-6-8-20/h9-15,18,20H,4-8H2,1-3H3,(H,27,31)(H,29,30). The van der Waals surface area contributed by atoms with E-state index in [-0.39, 0.29) is 17.7 Å². The SMILES string of the molecule is CC(=NNC(=O)C(C)Oc1ccc(Cl)cc1C)c1ccc(NC(=O)C2CCCCC2)cc1. The fraction of sp³-hybridized carbons (Fsp3) is 0.400. The second-order valence-electron chi connectivity index (χ2n) is 8.24. The molecule has 1 aliphatic carbocycles. The van der Waals surface area contributed by atoms with Gasteiger partial charge in [-0.05, 0) is 75.1 Å². The van der Waals surface area contributed by atoms with Gasteiger partial charge in [0.15, 0.2) is 6.10 Å². The van der Waals surface area contributed by atoms with Gasteiger partial charge in [0.2, 0.25) is 5.91 Å². The number of halogens is 1. The molecule has 1 unspecified atom stereocenters. The van der Waals surface area contributed by atoms with Crippen LogP contribution in [0.15, 0.2) is 47.6 Å². The average Bonchev–Trinajstić information content (AvgIpc) is 2.80. The van der Waals surface area contributed by atoms with Crippen LogP contribution in [0.3, 0.4) is 0 Å². The molecule has 2 amide bonds. The van der Waals surface area contributed by atoms with Crippen molar-refractivity contribution < 1.29 is 14.3 Å². The Labute approximate surface area is 194 Å². The molecule has 2 aromatic rings. The summed E-state index contributed by atoms with van der Waals surface area (Å²) in [5, 5.41) is 7.80. The fourth-order valence-corrected chi connectivity index (χ4v) is 3.91. The van der Waals surface area contributed by atoms with Crippen LogP contribution in [0.4, 0.5) is 5.69 Å². The molecule has 1 saturated carbocycles. The number of hydrogen-bond acceptors (Lipinski definition) is 4. The lowest BCUT2D eigenvalue weighted by molar-refractivity contribution is -0.127. The molecule has 2 N–H and O–H groups in total. The van der Waals surface area contributed by atoms with E-state index < -0.39 is 6.10 Å². The van der Waals surface area contributed by atoms with Gasteiger partial charge in [0.1, 0.15) is 5.75 Å². The lowest BCUT2D eigenvalue weighted by Crippen LogP contribution is -2.34. The number of nitrogens with zero attached hydrogens (tertiary/aromatic N) is 1. The Morgan fingerprint density at radius 1 is 1.09 bits per heavy atom. The smallest absolute Gasteiger partial charge is 0.280 e. The number of hydrazone groups is 1. The van der Waals surface area contributed by atoms with Crippen molar-refractivity contribution in [1.82, 2.24) is 5.43 Å². The minimum Gasteiger partial charge on any atom is -0.481 e. The Kier molecular flexibility index (Phi) is 8.28. The van der Waals surface area contributed by atoms with Crippen LogP contribution in [0, 0.1) is 12.8 Å². The van der Waals surface area contributed by atoms with E-state index in [0.717, 1.165) is 42.5 Å².